The van der Waals surface area contributed by atoms with Crippen LogP contribution in [0.4, 0.5) is 10.1 Å². The molecule has 0 radical (unpaired) electrons. The van der Waals surface area contributed by atoms with Crippen molar-refractivity contribution < 1.29 is 27.8 Å². The highest BCUT2D eigenvalue weighted by atomic mass is 35.5. The van der Waals surface area contributed by atoms with Crippen LogP contribution in [0.3, 0.4) is 0 Å². The van der Waals surface area contributed by atoms with Crippen molar-refractivity contribution in [3.8, 4) is 0 Å². The molecule has 1 saturated heterocycles. The van der Waals surface area contributed by atoms with Crippen molar-refractivity contribution in [1.29, 1.82) is 0 Å². The zero-order valence-electron chi connectivity index (χ0n) is 15.3. The van der Waals surface area contributed by atoms with E-state index in [-0.39, 0.29) is 46.8 Å². The summed E-state index contributed by atoms with van der Waals surface area (Å²) in [6, 6.07) is 9.20. The first-order chi connectivity index (χ1) is 13.7. The number of nitrogens with zero attached hydrogens (tertiary/aromatic N) is 1. The van der Waals surface area contributed by atoms with Gasteiger partial charge in [0.2, 0.25) is 10.0 Å². The third kappa shape index (κ3) is 4.76. The molecular weight excluding hydrogens is 423 g/mol. The number of piperidine rings is 1. The van der Waals surface area contributed by atoms with Gasteiger partial charge in [0, 0.05) is 36.9 Å². The highest BCUT2D eigenvalue weighted by Gasteiger charge is 2.34. The smallest absolute Gasteiger partial charge is 0.255 e. The molecule has 0 spiro atoms. The number of amides is 1. The molecule has 2 aromatic rings. The van der Waals surface area contributed by atoms with Crippen LogP contribution in [0, 0.1) is 11.7 Å². The molecule has 0 aliphatic carbocycles. The van der Waals surface area contributed by atoms with E-state index in [0.29, 0.717) is 6.42 Å². The number of anilines is 1. The quantitative estimate of drug-likeness (QED) is 0.657. The van der Waals surface area contributed by atoms with Gasteiger partial charge < -0.3 is 15.5 Å². The first kappa shape index (κ1) is 21.7. The lowest BCUT2D eigenvalue weighted by atomic mass is 9.96. The number of carbonyl (C=O) groups is 1. The topological polar surface area (TPSA) is 107 Å². The number of hydrogen-bond donors (Lipinski definition) is 3. The Balaban J connectivity index is 1.79. The van der Waals surface area contributed by atoms with Crippen LogP contribution in [0.15, 0.2) is 47.4 Å². The van der Waals surface area contributed by atoms with Gasteiger partial charge in [-0.2, -0.15) is 4.31 Å². The van der Waals surface area contributed by atoms with Gasteiger partial charge in [0.25, 0.3) is 5.91 Å². The number of aliphatic hydroxyl groups excluding tert-OH is 2. The predicted molar refractivity (Wildman–Crippen MR) is 106 cm³/mol. The van der Waals surface area contributed by atoms with Crippen LogP contribution in [0.2, 0.25) is 5.02 Å². The molecular formula is C19H20ClFN2O5S. The van der Waals surface area contributed by atoms with Gasteiger partial charge in [-0.15, -0.1) is 0 Å². The number of aliphatic hydroxyl groups is 2. The Bertz CT molecular complexity index is 1020. The fraction of sp³-hybridized carbons (Fsp3) is 0.316. The van der Waals surface area contributed by atoms with E-state index < -0.39 is 27.9 Å². The average molecular weight is 443 g/mol. The van der Waals surface area contributed by atoms with Crippen LogP contribution in [-0.2, 0) is 10.0 Å². The number of halogens is 2. The minimum atomic E-state index is -3.93. The van der Waals surface area contributed by atoms with Gasteiger partial charge in [-0.3, -0.25) is 4.79 Å². The standard InChI is InChI=1S/C19H20ClFN2O5S/c20-16-9-14(4-5-17(16)21)22-19(26)12-2-1-3-15(8-12)29(27,28)23-7-6-13(11-24)18(25)10-23/h1-5,8-9,13,18,24-25H,6-7,10-11H2,(H,22,26). The molecule has 3 N–H and O–H groups in total. The Hall–Kier alpha value is -2.04. The maximum Gasteiger partial charge on any atom is 0.255 e. The van der Waals surface area contributed by atoms with Gasteiger partial charge in [0.05, 0.1) is 16.0 Å². The van der Waals surface area contributed by atoms with E-state index in [9.17, 15) is 27.8 Å². The van der Waals surface area contributed by atoms with Crippen molar-refractivity contribution in [3.05, 3.63) is 58.9 Å². The third-order valence-electron chi connectivity index (χ3n) is 4.83. The van der Waals surface area contributed by atoms with Crippen LogP contribution >= 0.6 is 11.6 Å². The van der Waals surface area contributed by atoms with Crippen LogP contribution in [-0.4, -0.2) is 54.6 Å². The van der Waals surface area contributed by atoms with Crippen LogP contribution in [0.5, 0.6) is 0 Å². The Kier molecular flexibility index (Phi) is 6.55. The molecule has 0 bridgehead atoms. The van der Waals surface area contributed by atoms with Gasteiger partial charge in [-0.1, -0.05) is 17.7 Å². The maximum absolute atomic E-state index is 13.2. The average Bonchev–Trinajstić information content (AvgIpc) is 2.70. The summed E-state index contributed by atoms with van der Waals surface area (Å²) >= 11 is 5.70. The minimum absolute atomic E-state index is 0.0862. The number of nitrogens with one attached hydrogen (secondary N) is 1. The van der Waals surface area contributed by atoms with E-state index in [4.69, 9.17) is 11.6 Å². The molecule has 3 rings (SSSR count). The minimum Gasteiger partial charge on any atom is -0.396 e. The molecule has 7 nitrogen and oxygen atoms in total. The number of benzene rings is 2. The van der Waals surface area contributed by atoms with Gasteiger partial charge in [0.1, 0.15) is 5.82 Å². The maximum atomic E-state index is 13.2. The highest BCUT2D eigenvalue weighted by molar-refractivity contribution is 7.89. The van der Waals surface area contributed by atoms with Gasteiger partial charge in [-0.25, -0.2) is 12.8 Å². The van der Waals surface area contributed by atoms with Crippen molar-refractivity contribution >= 4 is 33.2 Å². The van der Waals surface area contributed by atoms with Crippen molar-refractivity contribution in [2.24, 2.45) is 5.92 Å². The Labute approximate surface area is 172 Å². The molecule has 2 atom stereocenters. The second-order valence-corrected chi connectivity index (χ2v) is 9.12. The molecule has 1 heterocycles. The summed E-state index contributed by atoms with van der Waals surface area (Å²) in [6.45, 7) is -0.175. The Morgan fingerprint density at radius 3 is 2.69 bits per heavy atom. The van der Waals surface area contributed by atoms with Gasteiger partial charge >= 0.3 is 0 Å². The molecule has 1 amide bonds. The van der Waals surface area contributed by atoms with E-state index in [0.717, 1.165) is 10.4 Å². The lowest BCUT2D eigenvalue weighted by molar-refractivity contribution is 0.0222. The molecule has 0 saturated carbocycles. The number of hydrogen-bond acceptors (Lipinski definition) is 5. The first-order valence-electron chi connectivity index (χ1n) is 8.88. The number of β-amino-alcohol motifs (C(OH)–C–C–N with tert-alkyl or cyclic N) is 1. The zero-order chi connectivity index (χ0) is 21.2. The second-order valence-electron chi connectivity index (χ2n) is 6.77. The van der Waals surface area contributed by atoms with E-state index >= 15 is 0 Å². The van der Waals surface area contributed by atoms with Gasteiger partial charge in [-0.05, 0) is 42.8 Å². The Morgan fingerprint density at radius 2 is 2.03 bits per heavy atom. The summed E-state index contributed by atoms with van der Waals surface area (Å²) in [4.78, 5) is 12.4. The van der Waals surface area contributed by atoms with Crippen LogP contribution in [0.1, 0.15) is 16.8 Å². The molecule has 29 heavy (non-hydrogen) atoms. The molecule has 2 aromatic carbocycles. The van der Waals surface area contributed by atoms with Crippen LogP contribution in [0.25, 0.3) is 0 Å². The summed E-state index contributed by atoms with van der Waals surface area (Å²) < 4.78 is 40.2. The molecule has 10 heteroatoms. The van der Waals surface area contributed by atoms with Crippen LogP contribution < -0.4 is 5.32 Å². The van der Waals surface area contributed by atoms with Crippen molar-refractivity contribution in [3.63, 3.8) is 0 Å². The van der Waals surface area contributed by atoms with Crippen molar-refractivity contribution in [2.75, 3.05) is 25.0 Å². The molecule has 1 fully saturated rings. The summed E-state index contributed by atoms with van der Waals surface area (Å²) in [7, 11) is -3.93. The van der Waals surface area contributed by atoms with E-state index in [2.05, 4.69) is 5.32 Å². The number of rotatable bonds is 5. The first-order valence-corrected chi connectivity index (χ1v) is 10.7. The molecule has 1 aliphatic heterocycles. The van der Waals surface area contributed by atoms with Crippen molar-refractivity contribution in [1.82, 2.24) is 4.31 Å². The summed E-state index contributed by atoms with van der Waals surface area (Å²) in [5.41, 5.74) is 0.362. The monoisotopic (exact) mass is 442 g/mol. The summed E-state index contributed by atoms with van der Waals surface area (Å²) in [5.74, 6) is -1.56. The largest absolute Gasteiger partial charge is 0.396 e. The lowest BCUT2D eigenvalue weighted by Crippen LogP contribution is -2.47. The molecule has 2 unspecified atom stereocenters. The van der Waals surface area contributed by atoms with E-state index in [1.807, 2.05) is 0 Å². The SMILES string of the molecule is O=C(Nc1ccc(F)c(Cl)c1)c1cccc(S(=O)(=O)N2CCC(CO)C(O)C2)c1. The zero-order valence-corrected chi connectivity index (χ0v) is 16.8. The van der Waals surface area contributed by atoms with E-state index in [1.165, 1.54) is 36.4 Å². The fourth-order valence-corrected chi connectivity index (χ4v) is 4.81. The fourth-order valence-electron chi connectivity index (χ4n) is 3.11. The second kappa shape index (κ2) is 8.76. The summed E-state index contributed by atoms with van der Waals surface area (Å²) in [6.07, 6.45) is -0.624. The predicted octanol–water partition coefficient (Wildman–Crippen LogP) is 2.10. The van der Waals surface area contributed by atoms with Gasteiger partial charge in [0.15, 0.2) is 0 Å². The van der Waals surface area contributed by atoms with Crippen molar-refractivity contribution in [2.45, 2.75) is 17.4 Å². The summed E-state index contributed by atoms with van der Waals surface area (Å²) in [5, 5.41) is 21.6. The molecule has 156 valence electrons. The highest BCUT2D eigenvalue weighted by Crippen LogP contribution is 2.25. The number of sulfonamides is 1. The lowest BCUT2D eigenvalue weighted by Gasteiger charge is -2.34. The molecule has 0 aromatic heterocycles. The Morgan fingerprint density at radius 1 is 1.28 bits per heavy atom. The molecule has 1 aliphatic rings. The number of carbonyl (C=O) groups excluding carboxylic acids is 1. The third-order valence-corrected chi connectivity index (χ3v) is 6.98. The van der Waals surface area contributed by atoms with E-state index in [1.54, 1.807) is 0 Å². The normalized spacial score (nSPS) is 20.4.